The highest BCUT2D eigenvalue weighted by molar-refractivity contribution is 7.92. The van der Waals surface area contributed by atoms with Crippen LogP contribution in [0.1, 0.15) is 27.1 Å². The van der Waals surface area contributed by atoms with Gasteiger partial charge in [-0.2, -0.15) is 0 Å². The number of carbonyl (C=O) groups excluding carboxylic acids is 3. The molecule has 2 N–H and O–H groups in total. The third-order valence-electron chi connectivity index (χ3n) is 5.01. The molecule has 0 atom stereocenters. The topological polar surface area (TPSA) is 113 Å². The summed E-state index contributed by atoms with van der Waals surface area (Å²) < 4.78 is 40.7. The molecule has 33 heavy (non-hydrogen) atoms. The lowest BCUT2D eigenvalue weighted by Crippen LogP contribution is -2.33. The standard InChI is InChI=1S/C23H18FN3O5S/c24-15-9-11-16(12-10-15)33(31,32)26-20-8-4-3-7-19(20)25-21(28)13-14-27-22(29)17-5-1-2-6-18(17)23(27)30/h1-12,26H,13-14H2,(H,25,28). The van der Waals surface area contributed by atoms with Gasteiger partial charge in [0.2, 0.25) is 5.91 Å². The molecular weight excluding hydrogens is 449 g/mol. The molecule has 0 fully saturated rings. The van der Waals surface area contributed by atoms with Gasteiger partial charge in [-0.05, 0) is 48.5 Å². The van der Waals surface area contributed by atoms with Gasteiger partial charge in [-0.3, -0.25) is 24.0 Å². The van der Waals surface area contributed by atoms with E-state index in [1.165, 1.54) is 12.1 Å². The zero-order chi connectivity index (χ0) is 23.6. The molecule has 4 rings (SSSR count). The van der Waals surface area contributed by atoms with Crippen molar-refractivity contribution in [2.24, 2.45) is 0 Å². The highest BCUT2D eigenvalue weighted by atomic mass is 32.2. The van der Waals surface area contributed by atoms with Crippen LogP contribution in [-0.2, 0) is 14.8 Å². The lowest BCUT2D eigenvalue weighted by molar-refractivity contribution is -0.116. The summed E-state index contributed by atoms with van der Waals surface area (Å²) in [6.45, 7) is -0.123. The van der Waals surface area contributed by atoms with E-state index >= 15 is 0 Å². The summed E-state index contributed by atoms with van der Waals surface area (Å²) in [5.41, 5.74) is 0.887. The number of hydrogen-bond donors (Lipinski definition) is 2. The molecule has 0 unspecified atom stereocenters. The number of halogens is 1. The molecule has 3 amide bonds. The smallest absolute Gasteiger partial charge is 0.261 e. The average molecular weight is 467 g/mol. The maximum atomic E-state index is 13.1. The molecule has 1 aliphatic heterocycles. The quantitative estimate of drug-likeness (QED) is 0.518. The molecule has 0 bridgehead atoms. The van der Waals surface area contributed by atoms with Crippen LogP contribution in [0, 0.1) is 5.82 Å². The van der Waals surface area contributed by atoms with Gasteiger partial charge in [0, 0.05) is 13.0 Å². The fourth-order valence-corrected chi connectivity index (χ4v) is 4.45. The fraction of sp³-hybridized carbons (Fsp3) is 0.0870. The molecular formula is C23H18FN3O5S. The van der Waals surface area contributed by atoms with Crippen molar-refractivity contribution < 1.29 is 27.2 Å². The van der Waals surface area contributed by atoms with Crippen molar-refractivity contribution in [2.45, 2.75) is 11.3 Å². The third kappa shape index (κ3) is 4.60. The largest absolute Gasteiger partial charge is 0.324 e. The van der Waals surface area contributed by atoms with E-state index in [0.717, 1.165) is 29.2 Å². The third-order valence-corrected chi connectivity index (χ3v) is 6.39. The minimum atomic E-state index is -4.02. The molecule has 0 saturated heterocycles. The predicted octanol–water partition coefficient (Wildman–Crippen LogP) is 3.25. The predicted molar refractivity (Wildman–Crippen MR) is 119 cm³/mol. The van der Waals surface area contributed by atoms with Gasteiger partial charge in [-0.1, -0.05) is 24.3 Å². The molecule has 0 aromatic heterocycles. The number of fused-ring (bicyclic) bond motifs is 1. The summed E-state index contributed by atoms with van der Waals surface area (Å²) in [6, 6.07) is 16.9. The molecule has 0 radical (unpaired) electrons. The summed E-state index contributed by atoms with van der Waals surface area (Å²) in [6.07, 6.45) is -0.176. The van der Waals surface area contributed by atoms with E-state index in [4.69, 9.17) is 0 Å². The van der Waals surface area contributed by atoms with Crippen LogP contribution in [-0.4, -0.2) is 37.6 Å². The Morgan fingerprint density at radius 3 is 1.97 bits per heavy atom. The SMILES string of the molecule is O=C(CCN1C(=O)c2ccccc2C1=O)Nc1ccccc1NS(=O)(=O)c1ccc(F)cc1. The Bertz CT molecular complexity index is 1320. The van der Waals surface area contributed by atoms with Crippen molar-refractivity contribution in [3.05, 3.63) is 89.7 Å². The van der Waals surface area contributed by atoms with Crippen LogP contribution in [0.3, 0.4) is 0 Å². The van der Waals surface area contributed by atoms with Gasteiger partial charge in [0.25, 0.3) is 21.8 Å². The normalized spacial score (nSPS) is 13.1. The lowest BCUT2D eigenvalue weighted by Gasteiger charge is -2.15. The number of hydrogen-bond acceptors (Lipinski definition) is 5. The molecule has 1 heterocycles. The van der Waals surface area contributed by atoms with Gasteiger partial charge in [0.05, 0.1) is 27.4 Å². The summed E-state index contributed by atoms with van der Waals surface area (Å²) >= 11 is 0. The van der Waals surface area contributed by atoms with E-state index < -0.39 is 33.6 Å². The zero-order valence-corrected chi connectivity index (χ0v) is 17.9. The summed E-state index contributed by atoms with van der Waals surface area (Å²) in [5, 5.41) is 2.59. The second kappa shape index (κ2) is 8.83. The number of carbonyl (C=O) groups is 3. The number of amides is 3. The molecule has 0 aliphatic carbocycles. The Hall–Kier alpha value is -4.05. The van der Waals surface area contributed by atoms with Crippen LogP contribution < -0.4 is 10.0 Å². The molecule has 0 spiro atoms. The van der Waals surface area contributed by atoms with Crippen LogP contribution in [0.15, 0.2) is 77.7 Å². The Labute approximate surface area is 189 Å². The van der Waals surface area contributed by atoms with E-state index in [1.807, 2.05) is 0 Å². The monoisotopic (exact) mass is 467 g/mol. The Kier molecular flexibility index (Phi) is 5.93. The van der Waals surface area contributed by atoms with E-state index in [9.17, 15) is 27.2 Å². The van der Waals surface area contributed by atoms with Crippen LogP contribution >= 0.6 is 0 Å². The van der Waals surface area contributed by atoms with Crippen molar-refractivity contribution in [3.63, 3.8) is 0 Å². The highest BCUT2D eigenvalue weighted by Crippen LogP contribution is 2.26. The first-order valence-corrected chi connectivity index (χ1v) is 11.4. The minimum absolute atomic E-state index is 0.107. The summed E-state index contributed by atoms with van der Waals surface area (Å²) in [7, 11) is -4.02. The molecule has 168 valence electrons. The van der Waals surface area contributed by atoms with E-state index in [-0.39, 0.29) is 29.2 Å². The molecule has 0 saturated carbocycles. The zero-order valence-electron chi connectivity index (χ0n) is 17.1. The summed E-state index contributed by atoms with van der Waals surface area (Å²) in [4.78, 5) is 38.2. The van der Waals surface area contributed by atoms with Gasteiger partial charge in [-0.25, -0.2) is 12.8 Å². The van der Waals surface area contributed by atoms with Crippen molar-refractivity contribution in [1.82, 2.24) is 4.90 Å². The number of anilines is 2. The average Bonchev–Trinajstić information content (AvgIpc) is 3.04. The first-order chi connectivity index (χ1) is 15.8. The van der Waals surface area contributed by atoms with E-state index in [1.54, 1.807) is 36.4 Å². The maximum absolute atomic E-state index is 13.1. The van der Waals surface area contributed by atoms with Gasteiger partial charge < -0.3 is 5.32 Å². The van der Waals surface area contributed by atoms with Crippen molar-refractivity contribution in [3.8, 4) is 0 Å². The van der Waals surface area contributed by atoms with Gasteiger partial charge >= 0.3 is 0 Å². The van der Waals surface area contributed by atoms with Crippen LogP contribution in [0.4, 0.5) is 15.8 Å². The second-order valence-electron chi connectivity index (χ2n) is 7.21. The molecule has 10 heteroatoms. The number of rotatable bonds is 7. The van der Waals surface area contributed by atoms with Crippen molar-refractivity contribution in [2.75, 3.05) is 16.6 Å². The van der Waals surface area contributed by atoms with Crippen LogP contribution in [0.25, 0.3) is 0 Å². The number of para-hydroxylation sites is 2. The first kappa shape index (κ1) is 22.2. The summed E-state index contributed by atoms with van der Waals surface area (Å²) in [5.74, 6) is -2.01. The van der Waals surface area contributed by atoms with Gasteiger partial charge in [0.15, 0.2) is 0 Å². The van der Waals surface area contributed by atoms with Gasteiger partial charge in [-0.15, -0.1) is 0 Å². The Morgan fingerprint density at radius 2 is 1.36 bits per heavy atom. The van der Waals surface area contributed by atoms with E-state index in [0.29, 0.717) is 11.1 Å². The lowest BCUT2D eigenvalue weighted by atomic mass is 10.1. The van der Waals surface area contributed by atoms with Crippen molar-refractivity contribution in [1.29, 1.82) is 0 Å². The Balaban J connectivity index is 1.43. The number of benzene rings is 3. The molecule has 1 aliphatic rings. The first-order valence-electron chi connectivity index (χ1n) is 9.89. The minimum Gasteiger partial charge on any atom is -0.324 e. The maximum Gasteiger partial charge on any atom is 0.261 e. The second-order valence-corrected chi connectivity index (χ2v) is 8.89. The molecule has 3 aromatic carbocycles. The highest BCUT2D eigenvalue weighted by Gasteiger charge is 2.35. The molecule has 3 aromatic rings. The number of nitrogens with one attached hydrogen (secondary N) is 2. The van der Waals surface area contributed by atoms with Crippen molar-refractivity contribution >= 4 is 39.1 Å². The number of imide groups is 1. The van der Waals surface area contributed by atoms with Crippen LogP contribution in [0.2, 0.25) is 0 Å². The molecule has 8 nitrogen and oxygen atoms in total. The fourth-order valence-electron chi connectivity index (χ4n) is 3.37. The Morgan fingerprint density at radius 1 is 0.818 bits per heavy atom. The number of nitrogens with zero attached hydrogens (tertiary/aromatic N) is 1. The number of sulfonamides is 1. The van der Waals surface area contributed by atoms with E-state index in [2.05, 4.69) is 10.0 Å². The van der Waals surface area contributed by atoms with Gasteiger partial charge in [0.1, 0.15) is 5.82 Å². The van der Waals surface area contributed by atoms with Crippen LogP contribution in [0.5, 0.6) is 0 Å².